The molecule has 0 amide bonds. The Morgan fingerprint density at radius 2 is 1.89 bits per heavy atom. The summed E-state index contributed by atoms with van der Waals surface area (Å²) in [5.41, 5.74) is 2.26. The summed E-state index contributed by atoms with van der Waals surface area (Å²) in [6, 6.07) is 8.66. The van der Waals surface area contributed by atoms with Gasteiger partial charge in [-0.3, -0.25) is 5.32 Å². The van der Waals surface area contributed by atoms with Crippen molar-refractivity contribution in [3.8, 4) is 12.3 Å². The number of nitrogens with one attached hydrogen (secondary N) is 1. The van der Waals surface area contributed by atoms with E-state index in [-0.39, 0.29) is 5.54 Å². The van der Waals surface area contributed by atoms with Gasteiger partial charge in [0.2, 0.25) is 0 Å². The van der Waals surface area contributed by atoms with Crippen LogP contribution in [0.4, 0.5) is 5.69 Å². The SMILES string of the molecule is C#CC(C)(C)NCc1ccc(N2CCOCC2)cc1. The molecule has 1 N–H and O–H groups in total. The van der Waals surface area contributed by atoms with Crippen LogP contribution in [0.15, 0.2) is 24.3 Å². The normalized spacial score (nSPS) is 16.2. The highest BCUT2D eigenvalue weighted by molar-refractivity contribution is 5.47. The van der Waals surface area contributed by atoms with Crippen molar-refractivity contribution in [3.05, 3.63) is 29.8 Å². The van der Waals surface area contributed by atoms with E-state index in [1.165, 1.54) is 11.3 Å². The molecule has 0 unspecified atom stereocenters. The highest BCUT2D eigenvalue weighted by atomic mass is 16.5. The van der Waals surface area contributed by atoms with Crippen molar-refractivity contribution in [2.45, 2.75) is 25.9 Å². The summed E-state index contributed by atoms with van der Waals surface area (Å²) < 4.78 is 5.36. The van der Waals surface area contributed by atoms with Crippen molar-refractivity contribution < 1.29 is 4.74 Å². The lowest BCUT2D eigenvalue weighted by atomic mass is 10.1. The summed E-state index contributed by atoms with van der Waals surface area (Å²) >= 11 is 0. The van der Waals surface area contributed by atoms with Gasteiger partial charge in [0.1, 0.15) is 0 Å². The monoisotopic (exact) mass is 258 g/mol. The van der Waals surface area contributed by atoms with Crippen LogP contribution < -0.4 is 10.2 Å². The molecule has 0 bridgehead atoms. The minimum atomic E-state index is -0.261. The minimum absolute atomic E-state index is 0.261. The number of nitrogens with zero attached hydrogens (tertiary/aromatic N) is 1. The van der Waals surface area contributed by atoms with E-state index in [1.807, 2.05) is 13.8 Å². The van der Waals surface area contributed by atoms with Crippen LogP contribution >= 0.6 is 0 Å². The molecule has 2 rings (SSSR count). The molecule has 1 aliphatic rings. The molecule has 3 heteroatoms. The second-order valence-electron chi connectivity index (χ2n) is 5.39. The van der Waals surface area contributed by atoms with Crippen LogP contribution in [0.2, 0.25) is 0 Å². The molecule has 1 heterocycles. The first-order valence-corrected chi connectivity index (χ1v) is 6.75. The Labute approximate surface area is 115 Å². The predicted octanol–water partition coefficient (Wildman–Crippen LogP) is 2.02. The molecule has 0 saturated carbocycles. The zero-order valence-corrected chi connectivity index (χ0v) is 11.8. The zero-order valence-electron chi connectivity index (χ0n) is 11.8. The van der Waals surface area contributed by atoms with Crippen LogP contribution in [0.1, 0.15) is 19.4 Å². The van der Waals surface area contributed by atoms with Gasteiger partial charge in [-0.15, -0.1) is 6.42 Å². The zero-order chi connectivity index (χ0) is 13.7. The fourth-order valence-electron chi connectivity index (χ4n) is 2.02. The van der Waals surface area contributed by atoms with Gasteiger partial charge >= 0.3 is 0 Å². The van der Waals surface area contributed by atoms with E-state index < -0.39 is 0 Å². The van der Waals surface area contributed by atoms with Gasteiger partial charge < -0.3 is 9.64 Å². The number of anilines is 1. The standard InChI is InChI=1S/C16H22N2O/c1-4-16(2,3)17-13-14-5-7-15(8-6-14)18-9-11-19-12-10-18/h1,5-8,17H,9-13H2,2-3H3. The van der Waals surface area contributed by atoms with E-state index in [2.05, 4.69) is 40.4 Å². The lowest BCUT2D eigenvalue weighted by Crippen LogP contribution is -2.37. The molecular formula is C16H22N2O. The number of hydrogen-bond acceptors (Lipinski definition) is 3. The maximum absolute atomic E-state index is 5.46. The molecule has 0 aliphatic carbocycles. The largest absolute Gasteiger partial charge is 0.378 e. The first-order valence-electron chi connectivity index (χ1n) is 6.75. The molecule has 1 aromatic carbocycles. The molecule has 19 heavy (non-hydrogen) atoms. The van der Waals surface area contributed by atoms with E-state index in [0.717, 1.165) is 32.8 Å². The molecule has 1 aliphatic heterocycles. The van der Waals surface area contributed by atoms with Crippen LogP contribution in [0.3, 0.4) is 0 Å². The Kier molecular flexibility index (Phi) is 4.47. The summed E-state index contributed by atoms with van der Waals surface area (Å²) in [5.74, 6) is 2.74. The molecule has 1 aromatic rings. The molecule has 1 saturated heterocycles. The predicted molar refractivity (Wildman–Crippen MR) is 79.2 cm³/mol. The topological polar surface area (TPSA) is 24.5 Å². The number of ether oxygens (including phenoxy) is 1. The Morgan fingerprint density at radius 1 is 1.26 bits per heavy atom. The molecule has 0 aromatic heterocycles. The second kappa shape index (κ2) is 6.10. The minimum Gasteiger partial charge on any atom is -0.378 e. The van der Waals surface area contributed by atoms with E-state index in [1.54, 1.807) is 0 Å². The van der Waals surface area contributed by atoms with Crippen molar-refractivity contribution in [1.29, 1.82) is 0 Å². The van der Waals surface area contributed by atoms with Gasteiger partial charge in [0.05, 0.1) is 18.8 Å². The lowest BCUT2D eigenvalue weighted by Gasteiger charge is -2.29. The Morgan fingerprint density at radius 3 is 2.47 bits per heavy atom. The molecule has 0 atom stereocenters. The third-order valence-electron chi connectivity index (χ3n) is 3.41. The number of morpholine rings is 1. The van der Waals surface area contributed by atoms with Crippen molar-refractivity contribution in [2.75, 3.05) is 31.2 Å². The summed E-state index contributed by atoms with van der Waals surface area (Å²) in [7, 11) is 0. The first kappa shape index (κ1) is 13.9. The van der Waals surface area contributed by atoms with Crippen molar-refractivity contribution in [3.63, 3.8) is 0 Å². The summed E-state index contributed by atoms with van der Waals surface area (Å²) in [6.45, 7) is 8.40. The summed E-state index contributed by atoms with van der Waals surface area (Å²) in [6.07, 6.45) is 5.46. The van der Waals surface area contributed by atoms with Crippen LogP contribution in [0.5, 0.6) is 0 Å². The maximum atomic E-state index is 5.46. The maximum Gasteiger partial charge on any atom is 0.0743 e. The van der Waals surface area contributed by atoms with E-state index in [9.17, 15) is 0 Å². The molecular weight excluding hydrogens is 236 g/mol. The number of terminal acetylenes is 1. The van der Waals surface area contributed by atoms with Crippen LogP contribution in [0, 0.1) is 12.3 Å². The fraction of sp³-hybridized carbons (Fsp3) is 0.500. The van der Waals surface area contributed by atoms with Gasteiger partial charge in [-0.25, -0.2) is 0 Å². The number of benzene rings is 1. The van der Waals surface area contributed by atoms with E-state index in [4.69, 9.17) is 11.2 Å². The van der Waals surface area contributed by atoms with Crippen molar-refractivity contribution in [1.82, 2.24) is 5.32 Å². The quantitative estimate of drug-likeness (QED) is 0.836. The highest BCUT2D eigenvalue weighted by Gasteiger charge is 2.13. The molecule has 1 fully saturated rings. The lowest BCUT2D eigenvalue weighted by molar-refractivity contribution is 0.122. The van der Waals surface area contributed by atoms with Gasteiger partial charge in [0.25, 0.3) is 0 Å². The second-order valence-corrected chi connectivity index (χ2v) is 5.39. The van der Waals surface area contributed by atoms with Crippen molar-refractivity contribution in [2.24, 2.45) is 0 Å². The molecule has 0 radical (unpaired) electrons. The average molecular weight is 258 g/mol. The molecule has 3 nitrogen and oxygen atoms in total. The third kappa shape index (κ3) is 3.99. The third-order valence-corrected chi connectivity index (χ3v) is 3.41. The first-order chi connectivity index (χ1) is 9.11. The Hall–Kier alpha value is -1.50. The van der Waals surface area contributed by atoms with Crippen LogP contribution in [0.25, 0.3) is 0 Å². The van der Waals surface area contributed by atoms with Gasteiger partial charge in [-0.1, -0.05) is 18.1 Å². The van der Waals surface area contributed by atoms with Crippen LogP contribution in [-0.4, -0.2) is 31.8 Å². The van der Waals surface area contributed by atoms with Gasteiger partial charge in [0.15, 0.2) is 0 Å². The molecule has 0 spiro atoms. The van der Waals surface area contributed by atoms with E-state index >= 15 is 0 Å². The van der Waals surface area contributed by atoms with Gasteiger partial charge in [0, 0.05) is 25.3 Å². The van der Waals surface area contributed by atoms with Crippen molar-refractivity contribution >= 4 is 5.69 Å². The van der Waals surface area contributed by atoms with E-state index in [0.29, 0.717) is 0 Å². The molecule has 102 valence electrons. The number of rotatable bonds is 4. The van der Waals surface area contributed by atoms with Crippen LogP contribution in [-0.2, 0) is 11.3 Å². The Balaban J connectivity index is 1.93. The highest BCUT2D eigenvalue weighted by Crippen LogP contribution is 2.17. The fourth-order valence-corrected chi connectivity index (χ4v) is 2.02. The van der Waals surface area contributed by atoms with Gasteiger partial charge in [-0.2, -0.15) is 0 Å². The average Bonchev–Trinajstić information content (AvgIpc) is 2.47. The smallest absolute Gasteiger partial charge is 0.0743 e. The van der Waals surface area contributed by atoms with Gasteiger partial charge in [-0.05, 0) is 31.5 Å². The number of hydrogen-bond donors (Lipinski definition) is 1. The Bertz CT molecular complexity index is 439. The summed E-state index contributed by atoms with van der Waals surface area (Å²) in [4.78, 5) is 2.35. The summed E-state index contributed by atoms with van der Waals surface area (Å²) in [5, 5.41) is 3.35.